The van der Waals surface area contributed by atoms with E-state index in [0.29, 0.717) is 19.6 Å². The van der Waals surface area contributed by atoms with E-state index < -0.39 is 10.0 Å². The molecule has 0 spiro atoms. The summed E-state index contributed by atoms with van der Waals surface area (Å²) in [5.74, 6) is 0.0846. The highest BCUT2D eigenvalue weighted by atomic mass is 32.2. The molecule has 0 amide bonds. The molecule has 0 atom stereocenters. The van der Waals surface area contributed by atoms with E-state index in [1.54, 1.807) is 4.31 Å². The molecule has 2 N–H and O–H groups in total. The third-order valence-corrected chi connectivity index (χ3v) is 6.19. The number of rotatable bonds is 5. The first-order valence-corrected chi connectivity index (χ1v) is 9.19. The minimum Gasteiger partial charge on any atom is -0.326 e. The molecule has 21 heavy (non-hydrogen) atoms. The zero-order chi connectivity index (χ0) is 14.9. The Hall–Kier alpha value is -0.950. The van der Waals surface area contributed by atoms with Gasteiger partial charge in [-0.1, -0.05) is 24.3 Å². The molecule has 1 aliphatic carbocycles. The van der Waals surface area contributed by atoms with Crippen molar-refractivity contribution in [3.05, 3.63) is 35.4 Å². The second kappa shape index (κ2) is 6.04. The maximum absolute atomic E-state index is 12.5. The van der Waals surface area contributed by atoms with Gasteiger partial charge >= 0.3 is 0 Å². The lowest BCUT2D eigenvalue weighted by molar-refractivity contribution is 0.180. The predicted octanol–water partition coefficient (Wildman–Crippen LogP) is 0.755. The van der Waals surface area contributed by atoms with Crippen LogP contribution in [-0.2, 0) is 22.3 Å². The van der Waals surface area contributed by atoms with E-state index in [9.17, 15) is 8.42 Å². The quantitative estimate of drug-likeness (QED) is 0.872. The molecule has 0 unspecified atom stereocenters. The van der Waals surface area contributed by atoms with E-state index in [4.69, 9.17) is 5.73 Å². The largest absolute Gasteiger partial charge is 0.326 e. The van der Waals surface area contributed by atoms with Crippen molar-refractivity contribution >= 4 is 10.0 Å². The van der Waals surface area contributed by atoms with Crippen LogP contribution in [0.2, 0.25) is 0 Å². The highest BCUT2D eigenvalue weighted by molar-refractivity contribution is 7.88. The summed E-state index contributed by atoms with van der Waals surface area (Å²) in [5.41, 5.74) is 7.41. The number of nitrogens with zero attached hydrogens (tertiary/aromatic N) is 2. The van der Waals surface area contributed by atoms with E-state index in [2.05, 4.69) is 4.90 Å². The van der Waals surface area contributed by atoms with Gasteiger partial charge in [-0.05, 0) is 24.0 Å². The van der Waals surface area contributed by atoms with E-state index in [-0.39, 0.29) is 5.75 Å². The number of benzene rings is 1. The van der Waals surface area contributed by atoms with Gasteiger partial charge in [0.1, 0.15) is 0 Å². The minimum atomic E-state index is -3.21. The molecule has 2 fully saturated rings. The Morgan fingerprint density at radius 1 is 1.00 bits per heavy atom. The van der Waals surface area contributed by atoms with Crippen LogP contribution in [-0.4, -0.2) is 49.8 Å². The van der Waals surface area contributed by atoms with Gasteiger partial charge in [0.2, 0.25) is 10.0 Å². The van der Waals surface area contributed by atoms with Gasteiger partial charge < -0.3 is 5.73 Å². The first kappa shape index (κ1) is 15.0. The lowest BCUT2D eigenvalue weighted by atomic mass is 10.1. The smallest absolute Gasteiger partial charge is 0.218 e. The maximum Gasteiger partial charge on any atom is 0.218 e. The summed E-state index contributed by atoms with van der Waals surface area (Å²) in [5, 5.41) is 0. The fourth-order valence-corrected chi connectivity index (χ4v) is 4.38. The number of nitrogens with two attached hydrogens (primary N) is 1. The molecule has 0 bridgehead atoms. The van der Waals surface area contributed by atoms with E-state index in [0.717, 1.165) is 30.3 Å². The molecule has 1 heterocycles. The van der Waals surface area contributed by atoms with Crippen molar-refractivity contribution < 1.29 is 8.42 Å². The predicted molar refractivity (Wildman–Crippen MR) is 83.1 cm³/mol. The highest BCUT2D eigenvalue weighted by Gasteiger charge is 2.34. The molecule has 1 aromatic rings. The first-order chi connectivity index (χ1) is 10.1. The average molecular weight is 309 g/mol. The molecule has 116 valence electrons. The van der Waals surface area contributed by atoms with Gasteiger partial charge in [0, 0.05) is 38.8 Å². The lowest BCUT2D eigenvalue weighted by Gasteiger charge is -2.34. The van der Waals surface area contributed by atoms with E-state index in [1.807, 2.05) is 24.3 Å². The zero-order valence-electron chi connectivity index (χ0n) is 12.2. The third kappa shape index (κ3) is 3.63. The molecule has 2 aliphatic rings. The second-order valence-corrected chi connectivity index (χ2v) is 7.91. The topological polar surface area (TPSA) is 66.6 Å². The Morgan fingerprint density at radius 3 is 2.10 bits per heavy atom. The van der Waals surface area contributed by atoms with Crippen LogP contribution in [0, 0.1) is 0 Å². The highest BCUT2D eigenvalue weighted by Crippen LogP contribution is 2.28. The summed E-state index contributed by atoms with van der Waals surface area (Å²) in [6.45, 7) is 3.47. The van der Waals surface area contributed by atoms with Gasteiger partial charge in [-0.2, -0.15) is 4.31 Å². The van der Waals surface area contributed by atoms with E-state index in [1.165, 1.54) is 12.8 Å². The van der Waals surface area contributed by atoms with Crippen LogP contribution in [0.5, 0.6) is 0 Å². The lowest BCUT2D eigenvalue weighted by Crippen LogP contribution is -2.49. The van der Waals surface area contributed by atoms with Gasteiger partial charge in [-0.15, -0.1) is 0 Å². The number of hydrogen-bond acceptors (Lipinski definition) is 4. The third-order valence-electron chi connectivity index (χ3n) is 4.34. The van der Waals surface area contributed by atoms with Crippen LogP contribution >= 0.6 is 0 Å². The van der Waals surface area contributed by atoms with Crippen LogP contribution < -0.4 is 5.73 Å². The van der Waals surface area contributed by atoms with Crippen molar-refractivity contribution in [2.75, 3.05) is 26.2 Å². The Kier molecular flexibility index (Phi) is 4.31. The average Bonchev–Trinajstić information content (AvgIpc) is 3.32. The Balaban J connectivity index is 1.60. The van der Waals surface area contributed by atoms with Crippen molar-refractivity contribution in [1.29, 1.82) is 0 Å². The molecule has 0 radical (unpaired) electrons. The number of hydrogen-bond donors (Lipinski definition) is 1. The van der Waals surface area contributed by atoms with Crippen LogP contribution in [0.25, 0.3) is 0 Å². The molecule has 1 aromatic carbocycles. The van der Waals surface area contributed by atoms with Crippen LogP contribution in [0.1, 0.15) is 24.0 Å². The molecule has 6 heteroatoms. The van der Waals surface area contributed by atoms with Gasteiger partial charge in [0.15, 0.2) is 0 Å². The molecule has 1 saturated carbocycles. The van der Waals surface area contributed by atoms with Gasteiger partial charge in [-0.25, -0.2) is 8.42 Å². The van der Waals surface area contributed by atoms with Crippen molar-refractivity contribution in [3.8, 4) is 0 Å². The van der Waals surface area contributed by atoms with Gasteiger partial charge in [0.05, 0.1) is 5.75 Å². The normalized spacial score (nSPS) is 21.6. The zero-order valence-corrected chi connectivity index (χ0v) is 13.1. The van der Waals surface area contributed by atoms with Crippen LogP contribution in [0.15, 0.2) is 24.3 Å². The van der Waals surface area contributed by atoms with Crippen molar-refractivity contribution in [3.63, 3.8) is 0 Å². The standard InChI is InChI=1S/C15H23N3O2S/c16-11-13-1-3-14(4-2-13)12-21(19,20)18-9-7-17(8-10-18)15-5-6-15/h1-4,15H,5-12,16H2. The Morgan fingerprint density at radius 2 is 1.57 bits per heavy atom. The van der Waals surface area contributed by atoms with Gasteiger partial charge in [0.25, 0.3) is 0 Å². The Bertz CT molecular complexity index is 573. The molecular weight excluding hydrogens is 286 g/mol. The SMILES string of the molecule is NCc1ccc(CS(=O)(=O)N2CCN(C3CC3)CC2)cc1. The molecule has 1 saturated heterocycles. The Labute approximate surface area is 126 Å². The summed E-state index contributed by atoms with van der Waals surface area (Å²) in [6.07, 6.45) is 2.56. The first-order valence-electron chi connectivity index (χ1n) is 7.58. The maximum atomic E-state index is 12.5. The summed E-state index contributed by atoms with van der Waals surface area (Å²) in [6, 6.07) is 8.24. The molecule has 5 nitrogen and oxygen atoms in total. The number of piperazine rings is 1. The van der Waals surface area contributed by atoms with Crippen LogP contribution in [0.4, 0.5) is 0 Å². The van der Waals surface area contributed by atoms with Crippen molar-refractivity contribution in [1.82, 2.24) is 9.21 Å². The van der Waals surface area contributed by atoms with E-state index >= 15 is 0 Å². The fourth-order valence-electron chi connectivity index (χ4n) is 2.86. The van der Waals surface area contributed by atoms with Gasteiger partial charge in [-0.3, -0.25) is 4.90 Å². The molecular formula is C15H23N3O2S. The second-order valence-electron chi connectivity index (χ2n) is 5.94. The van der Waals surface area contributed by atoms with Crippen molar-refractivity contribution in [2.45, 2.75) is 31.2 Å². The monoisotopic (exact) mass is 309 g/mol. The minimum absolute atomic E-state index is 0.0846. The van der Waals surface area contributed by atoms with Crippen molar-refractivity contribution in [2.24, 2.45) is 5.73 Å². The summed E-state index contributed by atoms with van der Waals surface area (Å²) >= 11 is 0. The molecule has 1 aliphatic heterocycles. The summed E-state index contributed by atoms with van der Waals surface area (Å²) in [4.78, 5) is 2.42. The summed E-state index contributed by atoms with van der Waals surface area (Å²) in [7, 11) is -3.21. The molecule has 0 aromatic heterocycles. The summed E-state index contributed by atoms with van der Waals surface area (Å²) < 4.78 is 26.6. The molecule has 3 rings (SSSR count). The number of sulfonamides is 1. The fraction of sp³-hybridized carbons (Fsp3) is 0.600. The van der Waals surface area contributed by atoms with Crippen LogP contribution in [0.3, 0.4) is 0 Å².